The first kappa shape index (κ1) is 18.2. The van der Waals surface area contributed by atoms with Crippen molar-refractivity contribution in [2.75, 3.05) is 38.7 Å². The summed E-state index contributed by atoms with van der Waals surface area (Å²) in [5.41, 5.74) is 1.19. The highest BCUT2D eigenvalue weighted by atomic mass is 16.5. The third-order valence-electron chi connectivity index (χ3n) is 4.07. The monoisotopic (exact) mass is 335 g/mol. The van der Waals surface area contributed by atoms with Crippen LogP contribution in [-0.4, -0.2) is 66.8 Å². The van der Waals surface area contributed by atoms with Gasteiger partial charge in [-0.1, -0.05) is 0 Å². The van der Waals surface area contributed by atoms with Crippen molar-refractivity contribution in [3.63, 3.8) is 0 Å². The molecule has 2 heterocycles. The standard InChI is InChI=1S/C17H25N3O4/c1-19(2)15-11-13(7-8-18-15)3-4-14-12-20(9-10-24-14)16(21)5-6-17(22)23/h7-8,11,14H,3-6,9-10,12H2,1-2H3,(H,22,23)/t14-/m0/s1. The Morgan fingerprint density at radius 1 is 1.42 bits per heavy atom. The molecule has 1 atom stereocenters. The number of hydrogen-bond acceptors (Lipinski definition) is 5. The molecule has 132 valence electrons. The summed E-state index contributed by atoms with van der Waals surface area (Å²) in [4.78, 5) is 30.6. The van der Waals surface area contributed by atoms with Gasteiger partial charge in [-0.15, -0.1) is 0 Å². The Balaban J connectivity index is 1.83. The number of aliphatic carboxylic acids is 1. The molecule has 0 unspecified atom stereocenters. The van der Waals surface area contributed by atoms with Gasteiger partial charge < -0.3 is 19.6 Å². The lowest BCUT2D eigenvalue weighted by Crippen LogP contribution is -2.45. The van der Waals surface area contributed by atoms with Crippen LogP contribution in [0.4, 0.5) is 5.82 Å². The van der Waals surface area contributed by atoms with Gasteiger partial charge in [0, 0.05) is 39.8 Å². The highest BCUT2D eigenvalue weighted by molar-refractivity contribution is 5.80. The lowest BCUT2D eigenvalue weighted by Gasteiger charge is -2.33. The summed E-state index contributed by atoms with van der Waals surface area (Å²) in [5, 5.41) is 8.68. The van der Waals surface area contributed by atoms with Gasteiger partial charge in [-0.25, -0.2) is 4.98 Å². The van der Waals surface area contributed by atoms with Crippen molar-refractivity contribution in [3.8, 4) is 0 Å². The predicted octanol–water partition coefficient (Wildman–Crippen LogP) is 1.17. The van der Waals surface area contributed by atoms with Gasteiger partial charge in [-0.3, -0.25) is 9.59 Å². The number of carbonyl (C=O) groups excluding carboxylic acids is 1. The molecule has 0 radical (unpaired) electrons. The van der Waals surface area contributed by atoms with Crippen molar-refractivity contribution in [1.29, 1.82) is 0 Å². The van der Waals surface area contributed by atoms with Gasteiger partial charge in [0.05, 0.1) is 19.1 Å². The SMILES string of the molecule is CN(C)c1cc(CC[C@H]2CN(C(=O)CCC(=O)O)CCO2)ccn1. The second-order valence-corrected chi connectivity index (χ2v) is 6.18. The second-order valence-electron chi connectivity index (χ2n) is 6.18. The molecule has 1 saturated heterocycles. The van der Waals surface area contributed by atoms with Gasteiger partial charge >= 0.3 is 5.97 Å². The summed E-state index contributed by atoms with van der Waals surface area (Å²) in [7, 11) is 3.91. The number of carboxylic acid groups (broad SMARTS) is 1. The van der Waals surface area contributed by atoms with Crippen molar-refractivity contribution < 1.29 is 19.4 Å². The lowest BCUT2D eigenvalue weighted by molar-refractivity contribution is -0.144. The van der Waals surface area contributed by atoms with E-state index in [4.69, 9.17) is 9.84 Å². The van der Waals surface area contributed by atoms with Crippen LogP contribution in [0.3, 0.4) is 0 Å². The normalized spacial score (nSPS) is 17.6. The highest BCUT2D eigenvalue weighted by Crippen LogP contribution is 2.16. The summed E-state index contributed by atoms with van der Waals surface area (Å²) >= 11 is 0. The number of pyridine rings is 1. The molecule has 2 rings (SSSR count). The van der Waals surface area contributed by atoms with Gasteiger partial charge in [-0.05, 0) is 30.5 Å². The molecular weight excluding hydrogens is 310 g/mol. The second kappa shape index (κ2) is 8.63. The Bertz CT molecular complexity index is 577. The fraction of sp³-hybridized carbons (Fsp3) is 0.588. The smallest absolute Gasteiger partial charge is 0.303 e. The molecule has 24 heavy (non-hydrogen) atoms. The highest BCUT2D eigenvalue weighted by Gasteiger charge is 2.24. The Hall–Kier alpha value is -2.15. The number of anilines is 1. The zero-order chi connectivity index (χ0) is 17.5. The molecule has 1 aromatic rings. The molecule has 0 saturated carbocycles. The number of hydrogen-bond donors (Lipinski definition) is 1. The Morgan fingerprint density at radius 3 is 2.92 bits per heavy atom. The van der Waals surface area contributed by atoms with Gasteiger partial charge in [0.2, 0.25) is 5.91 Å². The average Bonchev–Trinajstić information content (AvgIpc) is 2.58. The number of aryl methyl sites for hydroxylation is 1. The Morgan fingerprint density at radius 2 is 2.21 bits per heavy atom. The quantitative estimate of drug-likeness (QED) is 0.805. The van der Waals surface area contributed by atoms with Crippen LogP contribution in [-0.2, 0) is 20.7 Å². The first-order chi connectivity index (χ1) is 11.5. The molecule has 0 aliphatic carbocycles. The van der Waals surface area contributed by atoms with Crippen LogP contribution < -0.4 is 4.90 Å². The number of rotatable bonds is 7. The summed E-state index contributed by atoms with van der Waals surface area (Å²) in [5.74, 6) is -0.130. The largest absolute Gasteiger partial charge is 0.481 e. The van der Waals surface area contributed by atoms with Crippen molar-refractivity contribution in [2.24, 2.45) is 0 Å². The fourth-order valence-electron chi connectivity index (χ4n) is 2.68. The van der Waals surface area contributed by atoms with E-state index in [1.807, 2.05) is 25.1 Å². The van der Waals surface area contributed by atoms with Crippen LogP contribution in [0.25, 0.3) is 0 Å². The maximum absolute atomic E-state index is 12.0. The molecule has 1 amide bonds. The molecular formula is C17H25N3O4. The van der Waals surface area contributed by atoms with E-state index >= 15 is 0 Å². The number of aromatic nitrogens is 1. The number of nitrogens with zero attached hydrogens (tertiary/aromatic N) is 3. The van der Waals surface area contributed by atoms with Crippen molar-refractivity contribution in [1.82, 2.24) is 9.88 Å². The average molecular weight is 335 g/mol. The van der Waals surface area contributed by atoms with Crippen LogP contribution in [0.1, 0.15) is 24.8 Å². The lowest BCUT2D eigenvalue weighted by atomic mass is 10.1. The Kier molecular flexibility index (Phi) is 6.54. The maximum atomic E-state index is 12.0. The third kappa shape index (κ3) is 5.49. The molecule has 1 aliphatic rings. The van der Waals surface area contributed by atoms with E-state index in [-0.39, 0.29) is 24.9 Å². The molecule has 0 bridgehead atoms. The number of ether oxygens (including phenoxy) is 1. The molecule has 7 heteroatoms. The van der Waals surface area contributed by atoms with E-state index < -0.39 is 5.97 Å². The summed E-state index contributed by atoms with van der Waals surface area (Å²) in [6, 6.07) is 4.05. The zero-order valence-electron chi connectivity index (χ0n) is 14.3. The van der Waals surface area contributed by atoms with E-state index in [1.54, 1.807) is 11.1 Å². The van der Waals surface area contributed by atoms with Crippen molar-refractivity contribution >= 4 is 17.7 Å². The van der Waals surface area contributed by atoms with E-state index in [0.29, 0.717) is 19.7 Å². The fourth-order valence-corrected chi connectivity index (χ4v) is 2.68. The summed E-state index contributed by atoms with van der Waals surface area (Å²) in [6.07, 6.45) is 3.39. The molecule has 0 spiro atoms. The van der Waals surface area contributed by atoms with E-state index in [0.717, 1.165) is 18.7 Å². The van der Waals surface area contributed by atoms with Crippen LogP contribution in [0.5, 0.6) is 0 Å². The minimum absolute atomic E-state index is 0.0106. The van der Waals surface area contributed by atoms with E-state index in [1.165, 1.54) is 5.56 Å². The third-order valence-corrected chi connectivity index (χ3v) is 4.07. The molecule has 1 fully saturated rings. The Labute approximate surface area is 142 Å². The molecule has 0 aromatic carbocycles. The molecule has 1 aliphatic heterocycles. The van der Waals surface area contributed by atoms with Gasteiger partial charge in [0.1, 0.15) is 5.82 Å². The number of carbonyl (C=O) groups is 2. The van der Waals surface area contributed by atoms with Crippen molar-refractivity contribution in [3.05, 3.63) is 23.9 Å². The van der Waals surface area contributed by atoms with Crippen LogP contribution in [0.2, 0.25) is 0 Å². The first-order valence-electron chi connectivity index (χ1n) is 8.19. The topological polar surface area (TPSA) is 83.0 Å². The van der Waals surface area contributed by atoms with Crippen LogP contribution in [0, 0.1) is 0 Å². The minimum Gasteiger partial charge on any atom is -0.481 e. The van der Waals surface area contributed by atoms with Gasteiger partial charge in [0.25, 0.3) is 0 Å². The maximum Gasteiger partial charge on any atom is 0.303 e. The summed E-state index contributed by atoms with van der Waals surface area (Å²) < 4.78 is 5.75. The molecule has 7 nitrogen and oxygen atoms in total. The van der Waals surface area contributed by atoms with Crippen LogP contribution in [0.15, 0.2) is 18.3 Å². The zero-order valence-corrected chi connectivity index (χ0v) is 14.3. The first-order valence-corrected chi connectivity index (χ1v) is 8.19. The van der Waals surface area contributed by atoms with Crippen molar-refractivity contribution in [2.45, 2.75) is 31.8 Å². The summed E-state index contributed by atoms with van der Waals surface area (Å²) in [6.45, 7) is 1.57. The predicted molar refractivity (Wildman–Crippen MR) is 90.1 cm³/mol. The van der Waals surface area contributed by atoms with E-state index in [9.17, 15) is 9.59 Å². The van der Waals surface area contributed by atoms with Gasteiger partial charge in [-0.2, -0.15) is 0 Å². The number of carboxylic acids is 1. The van der Waals surface area contributed by atoms with E-state index in [2.05, 4.69) is 11.1 Å². The molecule has 1 N–H and O–H groups in total. The molecule has 1 aromatic heterocycles. The number of amides is 1. The number of morpholine rings is 1. The minimum atomic E-state index is -0.942. The van der Waals surface area contributed by atoms with Gasteiger partial charge in [0.15, 0.2) is 0 Å². The van der Waals surface area contributed by atoms with Crippen LogP contribution >= 0.6 is 0 Å².